The van der Waals surface area contributed by atoms with Crippen LogP contribution in [0.25, 0.3) is 0 Å². The molecule has 2 fully saturated rings. The summed E-state index contributed by atoms with van der Waals surface area (Å²) in [5.41, 5.74) is 1.84. The van der Waals surface area contributed by atoms with Crippen molar-refractivity contribution in [3.8, 4) is 0 Å². The largest absolute Gasteiger partial charge is 0.353 e. The summed E-state index contributed by atoms with van der Waals surface area (Å²) >= 11 is 0. The molecule has 2 aliphatic rings. The third kappa shape index (κ3) is 5.25. The molecule has 8 heteroatoms. The van der Waals surface area contributed by atoms with Crippen molar-refractivity contribution in [3.05, 3.63) is 59.7 Å². The van der Waals surface area contributed by atoms with E-state index in [2.05, 4.69) is 10.0 Å². The van der Waals surface area contributed by atoms with Crippen molar-refractivity contribution >= 4 is 27.5 Å². The number of nitrogens with zero attached hydrogens (tertiary/aromatic N) is 1. The molecule has 4 rings (SSSR count). The molecule has 2 N–H and O–H groups in total. The van der Waals surface area contributed by atoms with E-state index < -0.39 is 10.0 Å². The molecule has 2 amide bonds. The Balaban J connectivity index is 1.39. The number of hydrogen-bond donors (Lipinski definition) is 2. The van der Waals surface area contributed by atoms with Crippen LogP contribution in [0.15, 0.2) is 53.4 Å². The first-order chi connectivity index (χ1) is 14.8. The molecule has 1 heterocycles. The molecular weight excluding hydrogens is 414 g/mol. The van der Waals surface area contributed by atoms with E-state index in [1.54, 1.807) is 53.4 Å². The van der Waals surface area contributed by atoms with E-state index in [1.807, 2.05) is 6.92 Å². The molecule has 0 bridgehead atoms. The number of aryl methyl sites for hydroxylation is 1. The zero-order valence-corrected chi connectivity index (χ0v) is 18.3. The molecule has 1 aliphatic carbocycles. The van der Waals surface area contributed by atoms with Crippen LogP contribution >= 0.6 is 0 Å². The number of anilines is 1. The fourth-order valence-corrected chi connectivity index (χ4v) is 4.78. The molecule has 1 saturated heterocycles. The fourth-order valence-electron chi connectivity index (χ4n) is 3.72. The predicted octanol–water partition coefficient (Wildman–Crippen LogP) is 2.93. The third-order valence-electron chi connectivity index (χ3n) is 5.72. The molecule has 0 spiro atoms. The molecule has 7 nitrogen and oxygen atoms in total. The molecule has 2 aromatic rings. The van der Waals surface area contributed by atoms with E-state index in [0.29, 0.717) is 30.4 Å². The van der Waals surface area contributed by atoms with Crippen LogP contribution in [0.3, 0.4) is 0 Å². The number of likely N-dealkylation sites (tertiary alicyclic amines) is 1. The molecular formula is C23H27N3O4S. The highest BCUT2D eigenvalue weighted by Crippen LogP contribution is 2.24. The van der Waals surface area contributed by atoms with Crippen molar-refractivity contribution in [2.75, 3.05) is 17.8 Å². The minimum Gasteiger partial charge on any atom is -0.353 e. The summed E-state index contributed by atoms with van der Waals surface area (Å²) in [5.74, 6) is -0.267. The average Bonchev–Trinajstić information content (AvgIpc) is 3.58. The second-order valence-corrected chi connectivity index (χ2v) is 10.1. The van der Waals surface area contributed by atoms with Gasteiger partial charge in [0, 0.05) is 30.4 Å². The van der Waals surface area contributed by atoms with Crippen LogP contribution in [-0.4, -0.2) is 44.3 Å². The molecule has 0 aromatic heterocycles. The zero-order chi connectivity index (χ0) is 22.0. The minimum absolute atomic E-state index is 0.0425. The minimum atomic E-state index is -3.70. The summed E-state index contributed by atoms with van der Waals surface area (Å²) in [6.07, 6.45) is 3.67. The van der Waals surface area contributed by atoms with Gasteiger partial charge in [0.1, 0.15) is 0 Å². The second-order valence-electron chi connectivity index (χ2n) is 8.37. The van der Waals surface area contributed by atoms with Crippen LogP contribution in [0, 0.1) is 12.8 Å². The van der Waals surface area contributed by atoms with Crippen molar-refractivity contribution in [1.82, 2.24) is 10.2 Å². The Morgan fingerprint density at radius 2 is 1.65 bits per heavy atom. The quantitative estimate of drug-likeness (QED) is 0.721. The van der Waals surface area contributed by atoms with Gasteiger partial charge in [0.2, 0.25) is 5.91 Å². The lowest BCUT2D eigenvalue weighted by Gasteiger charge is -2.32. The lowest BCUT2D eigenvalue weighted by molar-refractivity contribution is -0.126. The first kappa shape index (κ1) is 21.4. The van der Waals surface area contributed by atoms with Crippen molar-refractivity contribution in [3.63, 3.8) is 0 Å². The monoisotopic (exact) mass is 441 g/mol. The van der Waals surface area contributed by atoms with E-state index >= 15 is 0 Å². The number of benzene rings is 2. The SMILES string of the molecule is Cc1ccc(S(=O)(=O)Nc2ccc(C(=O)N3CCCC(C(=O)NC4CC4)C3)cc2)cc1. The van der Waals surface area contributed by atoms with Crippen molar-refractivity contribution < 1.29 is 18.0 Å². The average molecular weight is 442 g/mol. The molecule has 1 saturated carbocycles. The topological polar surface area (TPSA) is 95.6 Å². The molecule has 1 aliphatic heterocycles. The van der Waals surface area contributed by atoms with Crippen molar-refractivity contribution in [1.29, 1.82) is 0 Å². The summed E-state index contributed by atoms with van der Waals surface area (Å²) in [6.45, 7) is 2.93. The number of nitrogens with one attached hydrogen (secondary N) is 2. The molecule has 1 atom stereocenters. The Labute approximate surface area is 182 Å². The predicted molar refractivity (Wildman–Crippen MR) is 118 cm³/mol. The Morgan fingerprint density at radius 1 is 0.968 bits per heavy atom. The first-order valence-corrected chi connectivity index (χ1v) is 12.1. The van der Waals surface area contributed by atoms with Gasteiger partial charge < -0.3 is 10.2 Å². The van der Waals surface area contributed by atoms with Crippen LogP contribution in [-0.2, 0) is 14.8 Å². The molecule has 164 valence electrons. The van der Waals surface area contributed by atoms with Crippen LogP contribution in [0.4, 0.5) is 5.69 Å². The summed E-state index contributed by atoms with van der Waals surface area (Å²) in [6, 6.07) is 13.3. The molecule has 0 radical (unpaired) electrons. The van der Waals surface area contributed by atoms with E-state index in [0.717, 1.165) is 31.2 Å². The second kappa shape index (κ2) is 8.70. The van der Waals surface area contributed by atoms with Crippen LogP contribution in [0.2, 0.25) is 0 Å². The molecule has 31 heavy (non-hydrogen) atoms. The lowest BCUT2D eigenvalue weighted by Crippen LogP contribution is -2.45. The van der Waals surface area contributed by atoms with Gasteiger partial charge in [-0.2, -0.15) is 0 Å². The Hall–Kier alpha value is -2.87. The lowest BCUT2D eigenvalue weighted by atomic mass is 9.96. The number of carbonyl (C=O) groups excluding carboxylic acids is 2. The number of piperidine rings is 1. The number of rotatable bonds is 6. The van der Waals surface area contributed by atoms with Gasteiger partial charge in [0.05, 0.1) is 10.8 Å². The molecule has 2 aromatic carbocycles. The van der Waals surface area contributed by atoms with Crippen LogP contribution in [0.5, 0.6) is 0 Å². The van der Waals surface area contributed by atoms with Gasteiger partial charge in [-0.3, -0.25) is 14.3 Å². The van der Waals surface area contributed by atoms with Gasteiger partial charge >= 0.3 is 0 Å². The summed E-state index contributed by atoms with van der Waals surface area (Å²) in [5, 5.41) is 3.03. The smallest absolute Gasteiger partial charge is 0.261 e. The van der Waals surface area contributed by atoms with Crippen LogP contribution < -0.4 is 10.0 Å². The Kier molecular flexibility index (Phi) is 6.00. The maximum absolute atomic E-state index is 12.9. The van der Waals surface area contributed by atoms with Crippen LogP contribution in [0.1, 0.15) is 41.6 Å². The normalized spacial score (nSPS) is 19.0. The van der Waals surface area contributed by atoms with Gasteiger partial charge in [0.25, 0.3) is 15.9 Å². The highest BCUT2D eigenvalue weighted by Gasteiger charge is 2.32. The number of sulfonamides is 1. The van der Waals surface area contributed by atoms with E-state index in [4.69, 9.17) is 0 Å². The first-order valence-electron chi connectivity index (χ1n) is 10.6. The zero-order valence-electron chi connectivity index (χ0n) is 17.5. The van der Waals surface area contributed by atoms with E-state index in [-0.39, 0.29) is 22.6 Å². The van der Waals surface area contributed by atoms with Crippen molar-refractivity contribution in [2.45, 2.75) is 43.5 Å². The fraction of sp³-hybridized carbons (Fsp3) is 0.391. The van der Waals surface area contributed by atoms with Gasteiger partial charge in [-0.25, -0.2) is 8.42 Å². The standard InChI is InChI=1S/C23H27N3O4S/c1-16-4-12-21(13-5-16)31(29,30)25-20-8-6-17(7-9-20)23(28)26-14-2-3-18(15-26)22(27)24-19-10-11-19/h4-9,12-13,18-19,25H,2-3,10-11,14-15H2,1H3,(H,24,27). The number of hydrogen-bond acceptors (Lipinski definition) is 4. The Morgan fingerprint density at radius 3 is 2.29 bits per heavy atom. The highest BCUT2D eigenvalue weighted by molar-refractivity contribution is 7.92. The van der Waals surface area contributed by atoms with Crippen molar-refractivity contribution in [2.24, 2.45) is 5.92 Å². The number of amides is 2. The van der Waals surface area contributed by atoms with Gasteiger partial charge in [0.15, 0.2) is 0 Å². The van der Waals surface area contributed by atoms with Gasteiger partial charge in [-0.05, 0) is 69.0 Å². The third-order valence-corrected chi connectivity index (χ3v) is 7.12. The summed E-state index contributed by atoms with van der Waals surface area (Å²) in [4.78, 5) is 27.2. The molecule has 1 unspecified atom stereocenters. The van der Waals surface area contributed by atoms with Gasteiger partial charge in [-0.15, -0.1) is 0 Å². The maximum Gasteiger partial charge on any atom is 0.261 e. The Bertz CT molecular complexity index is 1060. The van der Waals surface area contributed by atoms with E-state index in [9.17, 15) is 18.0 Å². The highest BCUT2D eigenvalue weighted by atomic mass is 32.2. The summed E-state index contributed by atoms with van der Waals surface area (Å²) in [7, 11) is -3.70. The maximum atomic E-state index is 12.9. The summed E-state index contributed by atoms with van der Waals surface area (Å²) < 4.78 is 27.6. The number of carbonyl (C=O) groups is 2. The van der Waals surface area contributed by atoms with E-state index in [1.165, 1.54) is 0 Å². The van der Waals surface area contributed by atoms with Gasteiger partial charge in [-0.1, -0.05) is 17.7 Å².